The number of carbonyl (C=O) groups is 1. The third-order valence-electron chi connectivity index (χ3n) is 5.83. The van der Waals surface area contributed by atoms with Crippen molar-refractivity contribution in [2.75, 3.05) is 22.9 Å². The summed E-state index contributed by atoms with van der Waals surface area (Å²) in [4.78, 5) is 17.9. The van der Waals surface area contributed by atoms with E-state index < -0.39 is 5.41 Å². The summed E-state index contributed by atoms with van der Waals surface area (Å²) >= 11 is 1.45. The molecule has 1 saturated carbocycles. The molecule has 3 aromatic rings. The van der Waals surface area contributed by atoms with E-state index in [0.717, 1.165) is 46.8 Å². The van der Waals surface area contributed by atoms with E-state index in [1.807, 2.05) is 36.4 Å². The maximum absolute atomic E-state index is 12.8. The molecule has 2 heterocycles. The summed E-state index contributed by atoms with van der Waals surface area (Å²) in [7, 11) is 1.65. The van der Waals surface area contributed by atoms with Gasteiger partial charge in [0.05, 0.1) is 29.3 Å². The number of hydrogen-bond donors (Lipinski definition) is 3. The smallest absolute Gasteiger partial charge is 0.235 e. The molecule has 8 heteroatoms. The number of para-hydroxylation sites is 1. The zero-order valence-corrected chi connectivity index (χ0v) is 17.8. The molecule has 1 amide bonds. The highest BCUT2D eigenvalue weighted by molar-refractivity contribution is 8.00. The van der Waals surface area contributed by atoms with Crippen LogP contribution in [-0.4, -0.2) is 18.0 Å². The Hall–Kier alpha value is -3.39. The Morgan fingerprint density at radius 2 is 2.00 bits per heavy atom. The Labute approximate surface area is 184 Å². The van der Waals surface area contributed by atoms with Gasteiger partial charge in [-0.3, -0.25) is 4.79 Å². The summed E-state index contributed by atoms with van der Waals surface area (Å²) in [5.41, 5.74) is 7.78. The summed E-state index contributed by atoms with van der Waals surface area (Å²) in [5, 5.41) is 3.05. The van der Waals surface area contributed by atoms with Crippen LogP contribution in [0.25, 0.3) is 0 Å². The molecule has 1 fully saturated rings. The maximum atomic E-state index is 12.8. The fourth-order valence-electron chi connectivity index (χ4n) is 4.04. The van der Waals surface area contributed by atoms with E-state index in [2.05, 4.69) is 15.0 Å². The highest BCUT2D eigenvalue weighted by atomic mass is 32.2. The first-order chi connectivity index (χ1) is 15.1. The molecule has 4 N–H and O–H groups in total. The molecule has 1 aromatic heterocycles. The largest absolute Gasteiger partial charge is 0.496 e. The van der Waals surface area contributed by atoms with Crippen LogP contribution in [0.4, 0.5) is 17.2 Å². The number of aromatic nitrogens is 1. The minimum Gasteiger partial charge on any atom is -0.496 e. The Morgan fingerprint density at radius 3 is 2.71 bits per heavy atom. The van der Waals surface area contributed by atoms with Gasteiger partial charge >= 0.3 is 0 Å². The fraction of sp³-hybridized carbons (Fsp3) is 0.217. The van der Waals surface area contributed by atoms with Crippen molar-refractivity contribution in [3.8, 4) is 17.2 Å². The predicted octanol–water partition coefficient (Wildman–Crippen LogP) is 4.96. The van der Waals surface area contributed by atoms with Gasteiger partial charge in [0.1, 0.15) is 17.3 Å². The highest BCUT2D eigenvalue weighted by Gasteiger charge is 2.52. The molecular formula is C23H22N4O3S. The number of nitrogens with zero attached hydrogens (tertiary/aromatic N) is 1. The van der Waals surface area contributed by atoms with Crippen molar-refractivity contribution in [3.05, 3.63) is 60.3 Å². The van der Waals surface area contributed by atoms with Gasteiger partial charge in [0.15, 0.2) is 5.75 Å². The number of nitrogens with one attached hydrogen (secondary N) is 2. The molecule has 0 atom stereocenters. The van der Waals surface area contributed by atoms with Crippen LogP contribution in [-0.2, 0) is 10.2 Å². The minimum absolute atomic E-state index is 0.0450. The number of amides is 1. The van der Waals surface area contributed by atoms with E-state index in [0.29, 0.717) is 17.3 Å². The average Bonchev–Trinajstić information content (AvgIpc) is 3.06. The van der Waals surface area contributed by atoms with Crippen molar-refractivity contribution in [1.29, 1.82) is 0 Å². The third kappa shape index (κ3) is 3.42. The van der Waals surface area contributed by atoms with Gasteiger partial charge in [-0.1, -0.05) is 18.6 Å². The third-order valence-corrected chi connectivity index (χ3v) is 6.73. The summed E-state index contributed by atoms with van der Waals surface area (Å²) in [6, 6.07) is 15.2. The van der Waals surface area contributed by atoms with Gasteiger partial charge < -0.3 is 25.2 Å². The second kappa shape index (κ2) is 7.70. The first-order valence-corrected chi connectivity index (χ1v) is 10.9. The van der Waals surface area contributed by atoms with Gasteiger partial charge in [-0.2, -0.15) is 0 Å². The predicted molar refractivity (Wildman–Crippen MR) is 122 cm³/mol. The Kier molecular flexibility index (Phi) is 4.86. The molecule has 158 valence electrons. The zero-order chi connectivity index (χ0) is 21.4. The number of nitrogens with two attached hydrogens (primary N) is 1. The standard InChI is InChI=1S/C23H22N4O3S/c1-29-17-5-2-3-6-19(17)31-27-14-11-16-21(26-22(28)23(16)9-4-10-23)18(12-14)30-15-7-8-20(24)25-13-15/h2-3,5-8,11-13,27H,4,9-10H2,1H3,(H2,24,25)(H,26,28). The molecule has 0 saturated heterocycles. The van der Waals surface area contributed by atoms with Crippen molar-refractivity contribution >= 4 is 35.0 Å². The molecule has 1 spiro atoms. The lowest BCUT2D eigenvalue weighted by molar-refractivity contribution is -0.123. The van der Waals surface area contributed by atoms with Gasteiger partial charge in [0.25, 0.3) is 0 Å². The van der Waals surface area contributed by atoms with Gasteiger partial charge in [-0.15, -0.1) is 0 Å². The number of benzene rings is 2. The number of hydrogen-bond acceptors (Lipinski definition) is 7. The van der Waals surface area contributed by atoms with E-state index >= 15 is 0 Å². The Bertz CT molecular complexity index is 1150. The van der Waals surface area contributed by atoms with Crippen LogP contribution in [0.15, 0.2) is 59.6 Å². The number of pyridine rings is 1. The minimum atomic E-state index is -0.459. The molecule has 2 aliphatic rings. The van der Waals surface area contributed by atoms with E-state index in [4.69, 9.17) is 15.2 Å². The monoisotopic (exact) mass is 434 g/mol. The topological polar surface area (TPSA) is 98.5 Å². The van der Waals surface area contributed by atoms with Crippen LogP contribution in [0.1, 0.15) is 24.8 Å². The van der Waals surface area contributed by atoms with Crippen molar-refractivity contribution in [1.82, 2.24) is 4.98 Å². The first kappa shape index (κ1) is 19.6. The van der Waals surface area contributed by atoms with Gasteiger partial charge in [0, 0.05) is 11.8 Å². The molecular weight excluding hydrogens is 412 g/mol. The maximum Gasteiger partial charge on any atom is 0.235 e. The summed E-state index contributed by atoms with van der Waals surface area (Å²) in [5.74, 6) is 2.38. The van der Waals surface area contributed by atoms with Crippen LogP contribution in [0, 0.1) is 0 Å². The number of carbonyl (C=O) groups excluding carboxylic acids is 1. The SMILES string of the molecule is COc1ccccc1SNc1cc(Oc2ccc(N)nc2)c2c(c1)C1(CCC1)C(=O)N2. The van der Waals surface area contributed by atoms with Crippen LogP contribution >= 0.6 is 11.9 Å². The van der Waals surface area contributed by atoms with Crippen LogP contribution in [0.3, 0.4) is 0 Å². The van der Waals surface area contributed by atoms with Crippen LogP contribution < -0.4 is 25.2 Å². The summed E-state index contributed by atoms with van der Waals surface area (Å²) < 4.78 is 14.9. The Morgan fingerprint density at radius 1 is 1.16 bits per heavy atom. The Balaban J connectivity index is 1.50. The number of anilines is 3. The molecule has 0 radical (unpaired) electrons. The zero-order valence-electron chi connectivity index (χ0n) is 17.0. The lowest BCUT2D eigenvalue weighted by atomic mass is 9.65. The first-order valence-electron chi connectivity index (χ1n) is 10.0. The van der Waals surface area contributed by atoms with E-state index in [1.54, 1.807) is 25.4 Å². The average molecular weight is 435 g/mol. The summed E-state index contributed by atoms with van der Waals surface area (Å²) in [6.07, 6.45) is 4.30. The molecule has 1 aliphatic carbocycles. The van der Waals surface area contributed by atoms with Crippen LogP contribution in [0.2, 0.25) is 0 Å². The molecule has 5 rings (SSSR count). The van der Waals surface area contributed by atoms with Gasteiger partial charge in [0.2, 0.25) is 5.91 Å². The number of fused-ring (bicyclic) bond motifs is 2. The molecule has 31 heavy (non-hydrogen) atoms. The second-order valence-corrected chi connectivity index (χ2v) is 8.51. The van der Waals surface area contributed by atoms with Crippen molar-refractivity contribution in [2.45, 2.75) is 29.6 Å². The lowest BCUT2D eigenvalue weighted by Gasteiger charge is -2.36. The number of ether oxygens (including phenoxy) is 2. The van der Waals surface area contributed by atoms with Crippen molar-refractivity contribution < 1.29 is 14.3 Å². The summed E-state index contributed by atoms with van der Waals surface area (Å²) in [6.45, 7) is 0. The second-order valence-electron chi connectivity index (χ2n) is 7.66. The fourth-order valence-corrected chi connectivity index (χ4v) is 4.78. The van der Waals surface area contributed by atoms with Crippen molar-refractivity contribution in [3.63, 3.8) is 0 Å². The number of rotatable bonds is 6. The van der Waals surface area contributed by atoms with Gasteiger partial charge in [-0.25, -0.2) is 4.98 Å². The van der Waals surface area contributed by atoms with Crippen LogP contribution in [0.5, 0.6) is 17.2 Å². The normalized spacial score (nSPS) is 15.7. The molecule has 0 bridgehead atoms. The van der Waals surface area contributed by atoms with E-state index in [-0.39, 0.29) is 5.91 Å². The molecule has 0 unspecified atom stereocenters. The number of methoxy groups -OCH3 is 1. The van der Waals surface area contributed by atoms with E-state index in [1.165, 1.54) is 11.9 Å². The quantitative estimate of drug-likeness (QED) is 0.472. The number of nitrogen functional groups attached to an aromatic ring is 1. The molecule has 1 aliphatic heterocycles. The van der Waals surface area contributed by atoms with Crippen molar-refractivity contribution in [2.24, 2.45) is 0 Å². The van der Waals surface area contributed by atoms with E-state index in [9.17, 15) is 4.79 Å². The van der Waals surface area contributed by atoms with Gasteiger partial charge in [-0.05, 0) is 60.7 Å². The lowest BCUT2D eigenvalue weighted by Crippen LogP contribution is -2.40. The molecule has 2 aromatic carbocycles. The highest BCUT2D eigenvalue weighted by Crippen LogP contribution is 2.55. The molecule has 7 nitrogen and oxygen atoms in total.